The Morgan fingerprint density at radius 2 is 2.09 bits per heavy atom. The van der Waals surface area contributed by atoms with E-state index in [-0.39, 0.29) is 12.1 Å². The van der Waals surface area contributed by atoms with Crippen LogP contribution in [0.3, 0.4) is 0 Å². The first-order valence-electron chi connectivity index (χ1n) is 6.35. The van der Waals surface area contributed by atoms with Crippen molar-refractivity contribution in [3.05, 3.63) is 62.8 Å². The smallest absolute Gasteiger partial charge is 0.264 e. The van der Waals surface area contributed by atoms with Gasteiger partial charge >= 0.3 is 0 Å². The molecule has 0 aliphatic carbocycles. The topological polar surface area (TPSA) is 71.0 Å². The van der Waals surface area contributed by atoms with Gasteiger partial charge in [-0.2, -0.15) is 5.26 Å². The normalized spacial score (nSPS) is 11.5. The van der Waals surface area contributed by atoms with E-state index in [1.54, 1.807) is 42.6 Å². The molecule has 0 saturated heterocycles. The number of nitriles is 1. The monoisotopic (exact) mass is 328 g/mol. The molecular formula is C15H9ClN4OS. The number of rotatable bonds is 2. The third-order valence-electron chi connectivity index (χ3n) is 2.95. The van der Waals surface area contributed by atoms with E-state index >= 15 is 0 Å². The van der Waals surface area contributed by atoms with Crippen molar-refractivity contribution < 1.29 is 0 Å². The zero-order valence-electron chi connectivity index (χ0n) is 11.2. The van der Waals surface area contributed by atoms with Gasteiger partial charge in [0.25, 0.3) is 5.56 Å². The van der Waals surface area contributed by atoms with E-state index < -0.39 is 0 Å². The molecule has 0 saturated carbocycles. The van der Waals surface area contributed by atoms with Crippen molar-refractivity contribution in [1.29, 1.82) is 5.26 Å². The number of benzene rings is 1. The summed E-state index contributed by atoms with van der Waals surface area (Å²) in [4.78, 5) is 22.1. The molecule has 0 unspecified atom stereocenters. The summed E-state index contributed by atoms with van der Waals surface area (Å²) in [5.74, 6) is 0. The molecular weight excluding hydrogens is 320 g/mol. The molecule has 0 aliphatic rings. The van der Waals surface area contributed by atoms with Crippen LogP contribution in [0.2, 0.25) is 5.02 Å². The Morgan fingerprint density at radius 1 is 1.32 bits per heavy atom. The largest absolute Gasteiger partial charge is 0.270 e. The molecule has 0 fully saturated rings. The lowest BCUT2D eigenvalue weighted by Crippen LogP contribution is -2.31. The summed E-state index contributed by atoms with van der Waals surface area (Å²) in [6.45, 7) is -0.0629. The highest BCUT2D eigenvalue weighted by Crippen LogP contribution is 2.16. The lowest BCUT2D eigenvalue weighted by molar-refractivity contribution is 0.766. The zero-order chi connectivity index (χ0) is 15.5. The van der Waals surface area contributed by atoms with Gasteiger partial charge in [0.05, 0.1) is 17.1 Å². The van der Waals surface area contributed by atoms with Crippen molar-refractivity contribution >= 4 is 38.8 Å². The quantitative estimate of drug-likeness (QED) is 0.726. The van der Waals surface area contributed by atoms with Crippen molar-refractivity contribution in [1.82, 2.24) is 9.55 Å². The molecule has 2 heterocycles. The Hall–Kier alpha value is -2.49. The predicted molar refractivity (Wildman–Crippen MR) is 86.2 cm³/mol. The van der Waals surface area contributed by atoms with E-state index in [0.717, 1.165) is 0 Å². The molecule has 22 heavy (non-hydrogen) atoms. The van der Waals surface area contributed by atoms with Crippen molar-refractivity contribution in [2.45, 2.75) is 6.54 Å². The van der Waals surface area contributed by atoms with E-state index in [2.05, 4.69) is 9.98 Å². The predicted octanol–water partition coefficient (Wildman–Crippen LogP) is 2.87. The first-order chi connectivity index (χ1) is 10.7. The van der Waals surface area contributed by atoms with Crippen molar-refractivity contribution in [3.63, 3.8) is 0 Å². The SMILES string of the molecule is N#CCn1c(=Nc2ccc(Cl)cc2)sc2ncccc2c1=O. The summed E-state index contributed by atoms with van der Waals surface area (Å²) in [5.41, 5.74) is 0.387. The van der Waals surface area contributed by atoms with Crippen LogP contribution >= 0.6 is 22.9 Å². The lowest BCUT2D eigenvalue weighted by atomic mass is 10.3. The molecule has 0 spiro atoms. The van der Waals surface area contributed by atoms with Crippen LogP contribution in [-0.4, -0.2) is 9.55 Å². The molecule has 0 amide bonds. The Balaban J connectivity index is 2.32. The van der Waals surface area contributed by atoms with Gasteiger partial charge in [-0.25, -0.2) is 9.98 Å². The average Bonchev–Trinajstić information content (AvgIpc) is 2.53. The Morgan fingerprint density at radius 3 is 2.82 bits per heavy atom. The third kappa shape index (κ3) is 2.77. The standard InChI is InChI=1S/C15H9ClN4OS/c16-10-3-5-11(6-4-10)19-15-20(9-7-17)14(21)12-2-1-8-18-13(12)22-15/h1-6,8H,9H2. The van der Waals surface area contributed by atoms with Crippen LogP contribution in [0.5, 0.6) is 0 Å². The minimum atomic E-state index is -0.267. The molecule has 5 nitrogen and oxygen atoms in total. The Kier molecular flexibility index (Phi) is 4.00. The summed E-state index contributed by atoms with van der Waals surface area (Å²) < 4.78 is 1.35. The highest BCUT2D eigenvalue weighted by molar-refractivity contribution is 7.15. The van der Waals surface area contributed by atoms with E-state index in [9.17, 15) is 4.79 Å². The second kappa shape index (κ2) is 6.10. The van der Waals surface area contributed by atoms with Gasteiger partial charge < -0.3 is 0 Å². The van der Waals surface area contributed by atoms with E-state index in [0.29, 0.717) is 25.7 Å². The van der Waals surface area contributed by atoms with Crippen LogP contribution in [0.15, 0.2) is 52.4 Å². The first-order valence-corrected chi connectivity index (χ1v) is 7.54. The molecule has 108 valence electrons. The molecule has 7 heteroatoms. The summed E-state index contributed by atoms with van der Waals surface area (Å²) >= 11 is 7.12. The number of aromatic nitrogens is 2. The van der Waals surface area contributed by atoms with E-state index in [1.165, 1.54) is 15.9 Å². The fourth-order valence-electron chi connectivity index (χ4n) is 1.93. The minimum Gasteiger partial charge on any atom is -0.270 e. The maximum absolute atomic E-state index is 12.5. The van der Waals surface area contributed by atoms with Gasteiger partial charge in [-0.1, -0.05) is 22.9 Å². The molecule has 2 aromatic heterocycles. The number of halogens is 1. The molecule has 0 N–H and O–H groups in total. The van der Waals surface area contributed by atoms with Crippen LogP contribution in [0.1, 0.15) is 0 Å². The van der Waals surface area contributed by atoms with Crippen molar-refractivity contribution in [3.8, 4) is 6.07 Å². The van der Waals surface area contributed by atoms with Gasteiger partial charge in [-0.3, -0.25) is 9.36 Å². The lowest BCUT2D eigenvalue weighted by Gasteiger charge is -2.03. The van der Waals surface area contributed by atoms with Crippen LogP contribution in [-0.2, 0) is 6.54 Å². The summed E-state index contributed by atoms with van der Waals surface area (Å²) in [6, 6.07) is 12.3. The minimum absolute atomic E-state index is 0.0629. The maximum Gasteiger partial charge on any atom is 0.264 e. The van der Waals surface area contributed by atoms with Gasteiger partial charge in [0.15, 0.2) is 4.80 Å². The van der Waals surface area contributed by atoms with Crippen molar-refractivity contribution in [2.24, 2.45) is 4.99 Å². The van der Waals surface area contributed by atoms with Crippen LogP contribution < -0.4 is 10.4 Å². The Bertz CT molecular complexity index is 999. The molecule has 0 aliphatic heterocycles. The second-order valence-corrected chi connectivity index (χ2v) is 5.77. The zero-order valence-corrected chi connectivity index (χ0v) is 12.8. The summed E-state index contributed by atoms with van der Waals surface area (Å²) in [5, 5.41) is 10.1. The van der Waals surface area contributed by atoms with Crippen molar-refractivity contribution in [2.75, 3.05) is 0 Å². The number of fused-ring (bicyclic) bond motifs is 1. The molecule has 3 aromatic rings. The van der Waals surface area contributed by atoms with E-state index in [4.69, 9.17) is 16.9 Å². The Labute approximate surface area is 134 Å². The second-order valence-electron chi connectivity index (χ2n) is 4.38. The third-order valence-corrected chi connectivity index (χ3v) is 4.21. The highest BCUT2D eigenvalue weighted by Gasteiger charge is 2.07. The van der Waals surface area contributed by atoms with Gasteiger partial charge in [0.2, 0.25) is 0 Å². The molecule has 0 bridgehead atoms. The van der Waals surface area contributed by atoms with E-state index in [1.807, 2.05) is 6.07 Å². The van der Waals surface area contributed by atoms with Gasteiger partial charge in [-0.05, 0) is 36.4 Å². The fourth-order valence-corrected chi connectivity index (χ4v) is 3.01. The number of nitrogens with zero attached hydrogens (tertiary/aromatic N) is 4. The van der Waals surface area contributed by atoms with Gasteiger partial charge in [-0.15, -0.1) is 0 Å². The maximum atomic E-state index is 12.5. The number of hydrogen-bond donors (Lipinski definition) is 0. The number of pyridine rings is 1. The van der Waals surface area contributed by atoms with Crippen LogP contribution in [0.25, 0.3) is 10.2 Å². The first kappa shape index (κ1) is 14.4. The molecule has 0 atom stereocenters. The van der Waals surface area contributed by atoms with Crippen LogP contribution in [0.4, 0.5) is 5.69 Å². The molecule has 0 radical (unpaired) electrons. The van der Waals surface area contributed by atoms with Gasteiger partial charge in [0.1, 0.15) is 11.4 Å². The number of hydrogen-bond acceptors (Lipinski definition) is 5. The highest BCUT2D eigenvalue weighted by atomic mass is 35.5. The van der Waals surface area contributed by atoms with Gasteiger partial charge in [0, 0.05) is 11.2 Å². The average molecular weight is 329 g/mol. The molecule has 3 rings (SSSR count). The van der Waals surface area contributed by atoms with Crippen LogP contribution in [0, 0.1) is 11.3 Å². The summed E-state index contributed by atoms with van der Waals surface area (Å²) in [7, 11) is 0. The molecule has 1 aromatic carbocycles. The summed E-state index contributed by atoms with van der Waals surface area (Å²) in [6.07, 6.45) is 1.62. The fraction of sp³-hybridized carbons (Fsp3) is 0.0667.